The molecule has 1 aromatic carbocycles. The van der Waals surface area contributed by atoms with Gasteiger partial charge in [0, 0.05) is 37.5 Å². The van der Waals surface area contributed by atoms with Gasteiger partial charge < -0.3 is 10.2 Å². The van der Waals surface area contributed by atoms with Crippen molar-refractivity contribution in [1.82, 2.24) is 9.80 Å². The van der Waals surface area contributed by atoms with Crippen molar-refractivity contribution in [3.8, 4) is 0 Å². The van der Waals surface area contributed by atoms with Gasteiger partial charge in [0.2, 0.25) is 23.6 Å². The molecular formula is C19H21N3O4. The summed E-state index contributed by atoms with van der Waals surface area (Å²) in [7, 11) is 0. The van der Waals surface area contributed by atoms with Crippen LogP contribution in [-0.2, 0) is 32.1 Å². The Balaban J connectivity index is 1.41. The Morgan fingerprint density at radius 2 is 1.77 bits per heavy atom. The first kappa shape index (κ1) is 16.8. The fourth-order valence-corrected chi connectivity index (χ4v) is 3.55. The van der Waals surface area contributed by atoms with E-state index in [0.717, 1.165) is 36.3 Å². The molecule has 1 saturated heterocycles. The lowest BCUT2D eigenvalue weighted by Crippen LogP contribution is -2.37. The molecule has 2 heterocycles. The molecule has 0 aromatic heterocycles. The molecule has 1 N–H and O–H groups in total. The van der Waals surface area contributed by atoms with Crippen molar-refractivity contribution in [3.05, 3.63) is 29.3 Å². The molecule has 2 aliphatic heterocycles. The zero-order valence-corrected chi connectivity index (χ0v) is 14.5. The third kappa shape index (κ3) is 3.34. The topological polar surface area (TPSA) is 86.8 Å². The summed E-state index contributed by atoms with van der Waals surface area (Å²) < 4.78 is 0. The van der Waals surface area contributed by atoms with Gasteiger partial charge in [-0.25, -0.2) is 0 Å². The third-order valence-electron chi connectivity index (χ3n) is 5.20. The largest absolute Gasteiger partial charge is 0.338 e. The van der Waals surface area contributed by atoms with Gasteiger partial charge in [0.05, 0.1) is 0 Å². The maximum atomic E-state index is 12.3. The van der Waals surface area contributed by atoms with E-state index in [1.54, 1.807) is 0 Å². The van der Waals surface area contributed by atoms with E-state index in [1.807, 2.05) is 23.1 Å². The van der Waals surface area contributed by atoms with E-state index in [-0.39, 0.29) is 43.0 Å². The Morgan fingerprint density at radius 3 is 2.46 bits per heavy atom. The van der Waals surface area contributed by atoms with Crippen LogP contribution in [0.3, 0.4) is 0 Å². The Kier molecular flexibility index (Phi) is 4.22. The minimum absolute atomic E-state index is 0.176. The zero-order chi connectivity index (χ0) is 18.3. The summed E-state index contributed by atoms with van der Waals surface area (Å²) in [5.41, 5.74) is 2.85. The smallest absolute Gasteiger partial charge is 0.244 e. The van der Waals surface area contributed by atoms with Crippen LogP contribution in [0.25, 0.3) is 0 Å². The molecule has 1 aromatic rings. The Hall–Kier alpha value is -2.70. The number of carbonyl (C=O) groups is 4. The van der Waals surface area contributed by atoms with Crippen molar-refractivity contribution in [1.29, 1.82) is 0 Å². The first-order valence-corrected chi connectivity index (χ1v) is 9.05. The fourth-order valence-electron chi connectivity index (χ4n) is 3.55. The van der Waals surface area contributed by atoms with Gasteiger partial charge in [-0.05, 0) is 42.5 Å². The van der Waals surface area contributed by atoms with Crippen LogP contribution in [0, 0.1) is 5.92 Å². The van der Waals surface area contributed by atoms with E-state index >= 15 is 0 Å². The summed E-state index contributed by atoms with van der Waals surface area (Å²) in [6, 6.07) is 5.67. The molecule has 1 aliphatic carbocycles. The molecular weight excluding hydrogens is 334 g/mol. The quantitative estimate of drug-likeness (QED) is 0.819. The number of nitrogens with one attached hydrogen (secondary N) is 1. The molecule has 0 spiro atoms. The van der Waals surface area contributed by atoms with Crippen LogP contribution in [0.5, 0.6) is 0 Å². The first-order chi connectivity index (χ1) is 12.5. The lowest BCUT2D eigenvalue weighted by atomic mass is 9.98. The second kappa shape index (κ2) is 6.55. The number of hydrogen-bond acceptors (Lipinski definition) is 4. The molecule has 3 aliphatic rings. The van der Waals surface area contributed by atoms with Crippen molar-refractivity contribution >= 4 is 29.3 Å². The van der Waals surface area contributed by atoms with Gasteiger partial charge in [0.1, 0.15) is 6.54 Å². The predicted molar refractivity (Wildman–Crippen MR) is 92.9 cm³/mol. The number of amides is 4. The standard InChI is InChI=1S/C19H21N3O4/c23-16(11-22-17(24)5-6-18(22)25)20-15-4-3-12-7-8-21(10-14(12)9-15)19(26)13-1-2-13/h3-4,9,13H,1-2,5-8,10-11H2,(H,20,23). The highest BCUT2D eigenvalue weighted by Gasteiger charge is 2.34. The van der Waals surface area contributed by atoms with E-state index in [0.29, 0.717) is 12.2 Å². The maximum absolute atomic E-state index is 12.3. The number of nitrogens with zero attached hydrogens (tertiary/aromatic N) is 2. The van der Waals surface area contributed by atoms with Crippen molar-refractivity contribution in [2.45, 2.75) is 38.6 Å². The number of imide groups is 1. The Labute approximate surface area is 151 Å². The fraction of sp³-hybridized carbons (Fsp3) is 0.474. The molecule has 4 amide bonds. The average molecular weight is 355 g/mol. The van der Waals surface area contributed by atoms with Crippen LogP contribution in [0.15, 0.2) is 18.2 Å². The SMILES string of the molecule is O=C(CN1C(=O)CCC1=O)Nc1ccc2c(c1)CN(C(=O)C1CC1)CC2. The lowest BCUT2D eigenvalue weighted by Gasteiger charge is -2.29. The Bertz CT molecular complexity index is 784. The van der Waals surface area contributed by atoms with Crippen LogP contribution < -0.4 is 5.32 Å². The van der Waals surface area contributed by atoms with Gasteiger partial charge in [-0.15, -0.1) is 0 Å². The van der Waals surface area contributed by atoms with Crippen LogP contribution in [-0.4, -0.2) is 46.5 Å². The molecule has 0 bridgehead atoms. The summed E-state index contributed by atoms with van der Waals surface area (Å²) >= 11 is 0. The van der Waals surface area contributed by atoms with E-state index in [9.17, 15) is 19.2 Å². The Morgan fingerprint density at radius 1 is 1.04 bits per heavy atom. The van der Waals surface area contributed by atoms with Crippen LogP contribution in [0.1, 0.15) is 36.8 Å². The second-order valence-corrected chi connectivity index (χ2v) is 7.19. The molecule has 1 saturated carbocycles. The van der Waals surface area contributed by atoms with E-state index in [1.165, 1.54) is 5.56 Å². The molecule has 0 unspecified atom stereocenters. The summed E-state index contributed by atoms with van der Waals surface area (Å²) in [5, 5.41) is 2.75. The normalized spacial score (nSPS) is 19.5. The number of likely N-dealkylation sites (tertiary alicyclic amines) is 1. The molecule has 26 heavy (non-hydrogen) atoms. The van der Waals surface area contributed by atoms with Crippen molar-refractivity contribution in [3.63, 3.8) is 0 Å². The van der Waals surface area contributed by atoms with Gasteiger partial charge in [-0.2, -0.15) is 0 Å². The second-order valence-electron chi connectivity index (χ2n) is 7.19. The number of carbonyl (C=O) groups excluding carboxylic acids is 4. The summed E-state index contributed by atoms with van der Waals surface area (Å²) in [5.74, 6) is -0.559. The van der Waals surface area contributed by atoms with Crippen molar-refractivity contribution < 1.29 is 19.2 Å². The maximum Gasteiger partial charge on any atom is 0.244 e. The minimum Gasteiger partial charge on any atom is -0.338 e. The zero-order valence-electron chi connectivity index (χ0n) is 14.5. The third-order valence-corrected chi connectivity index (χ3v) is 5.20. The molecule has 136 valence electrons. The van der Waals surface area contributed by atoms with Crippen molar-refractivity contribution in [2.75, 3.05) is 18.4 Å². The lowest BCUT2D eigenvalue weighted by molar-refractivity contribution is -0.141. The van der Waals surface area contributed by atoms with Gasteiger partial charge in [-0.1, -0.05) is 6.07 Å². The van der Waals surface area contributed by atoms with Crippen molar-refractivity contribution in [2.24, 2.45) is 5.92 Å². The summed E-state index contributed by atoms with van der Waals surface area (Å²) in [6.45, 7) is 1.06. The number of fused-ring (bicyclic) bond motifs is 1. The highest BCUT2D eigenvalue weighted by Crippen LogP contribution is 2.33. The van der Waals surface area contributed by atoms with E-state index in [2.05, 4.69) is 5.32 Å². The van der Waals surface area contributed by atoms with E-state index in [4.69, 9.17) is 0 Å². The average Bonchev–Trinajstić information content (AvgIpc) is 3.43. The summed E-state index contributed by atoms with van der Waals surface area (Å²) in [6.07, 6.45) is 3.16. The number of rotatable bonds is 4. The predicted octanol–water partition coefficient (Wildman–Crippen LogP) is 1.07. The minimum atomic E-state index is -0.393. The van der Waals surface area contributed by atoms with Gasteiger partial charge >= 0.3 is 0 Å². The van der Waals surface area contributed by atoms with E-state index < -0.39 is 5.91 Å². The number of benzene rings is 1. The van der Waals surface area contributed by atoms with Crippen LogP contribution >= 0.6 is 0 Å². The van der Waals surface area contributed by atoms with Gasteiger partial charge in [0.25, 0.3) is 0 Å². The highest BCUT2D eigenvalue weighted by molar-refractivity contribution is 6.06. The first-order valence-electron chi connectivity index (χ1n) is 9.05. The molecule has 4 rings (SSSR count). The monoisotopic (exact) mass is 355 g/mol. The molecule has 0 radical (unpaired) electrons. The van der Waals surface area contributed by atoms with Gasteiger partial charge in [0.15, 0.2) is 0 Å². The van der Waals surface area contributed by atoms with Crippen LogP contribution in [0.4, 0.5) is 5.69 Å². The molecule has 7 nitrogen and oxygen atoms in total. The molecule has 2 fully saturated rings. The van der Waals surface area contributed by atoms with Crippen LogP contribution in [0.2, 0.25) is 0 Å². The number of anilines is 1. The summed E-state index contributed by atoms with van der Waals surface area (Å²) in [4.78, 5) is 50.6. The van der Waals surface area contributed by atoms with Gasteiger partial charge in [-0.3, -0.25) is 24.1 Å². The highest BCUT2D eigenvalue weighted by atomic mass is 16.2. The number of hydrogen-bond donors (Lipinski definition) is 1. The molecule has 7 heteroatoms. The molecule has 0 atom stereocenters.